The molecule has 0 saturated carbocycles. The van der Waals surface area contributed by atoms with Crippen LogP contribution in [0.2, 0.25) is 0 Å². The molecular formula is C14H19BrN2O. The van der Waals surface area contributed by atoms with Crippen molar-refractivity contribution in [1.82, 2.24) is 0 Å². The van der Waals surface area contributed by atoms with E-state index in [2.05, 4.69) is 22.0 Å². The monoisotopic (exact) mass is 310 g/mol. The van der Waals surface area contributed by atoms with E-state index in [1.54, 1.807) is 0 Å². The van der Waals surface area contributed by atoms with Gasteiger partial charge in [-0.3, -0.25) is 4.79 Å². The Bertz CT molecular complexity index is 479. The molecule has 2 N–H and O–H groups in total. The molecule has 1 amide bonds. The highest BCUT2D eigenvalue weighted by atomic mass is 79.9. The zero-order valence-electron chi connectivity index (χ0n) is 11.0. The van der Waals surface area contributed by atoms with Crippen molar-refractivity contribution in [1.29, 1.82) is 0 Å². The fraction of sp³-hybridized carbons (Fsp3) is 0.500. The number of carbonyl (C=O) groups is 1. The molecule has 0 aromatic heterocycles. The minimum atomic E-state index is -0.466. The van der Waals surface area contributed by atoms with Gasteiger partial charge in [-0.15, -0.1) is 0 Å². The van der Waals surface area contributed by atoms with E-state index in [0.29, 0.717) is 0 Å². The normalized spacial score (nSPS) is 16.6. The maximum atomic E-state index is 12.4. The third-order valence-corrected chi connectivity index (χ3v) is 3.90. The quantitative estimate of drug-likeness (QED) is 0.867. The Morgan fingerprint density at radius 2 is 2.11 bits per heavy atom. The number of anilines is 1. The molecule has 0 spiro atoms. The molecular weight excluding hydrogens is 292 g/mol. The Balaban J connectivity index is 2.26. The average Bonchev–Trinajstić information content (AvgIpc) is 2.68. The van der Waals surface area contributed by atoms with Crippen molar-refractivity contribution in [3.63, 3.8) is 0 Å². The zero-order valence-corrected chi connectivity index (χ0v) is 12.6. The van der Waals surface area contributed by atoms with Crippen LogP contribution in [0.4, 0.5) is 5.69 Å². The fourth-order valence-electron chi connectivity index (χ4n) is 2.14. The van der Waals surface area contributed by atoms with Crippen LogP contribution < -0.4 is 10.6 Å². The van der Waals surface area contributed by atoms with E-state index in [0.717, 1.165) is 23.1 Å². The molecule has 0 bridgehead atoms. The number of carbonyl (C=O) groups excluding carboxylic acids is 1. The first-order chi connectivity index (χ1) is 8.30. The Kier molecular flexibility index (Phi) is 3.52. The Labute approximate surface area is 116 Å². The first kappa shape index (κ1) is 13.6. The van der Waals surface area contributed by atoms with Crippen LogP contribution in [0.15, 0.2) is 22.7 Å². The molecule has 0 aliphatic carbocycles. The van der Waals surface area contributed by atoms with Crippen molar-refractivity contribution in [2.45, 2.75) is 33.2 Å². The number of amides is 1. The van der Waals surface area contributed by atoms with Crippen LogP contribution in [0.1, 0.15) is 26.3 Å². The summed E-state index contributed by atoms with van der Waals surface area (Å²) < 4.78 is 1.05. The maximum absolute atomic E-state index is 12.4. The lowest BCUT2D eigenvalue weighted by molar-refractivity contribution is -0.121. The number of halogens is 1. The Morgan fingerprint density at radius 3 is 2.72 bits per heavy atom. The third-order valence-electron chi connectivity index (χ3n) is 3.40. The van der Waals surface area contributed by atoms with Crippen molar-refractivity contribution < 1.29 is 4.79 Å². The average molecular weight is 311 g/mol. The molecule has 3 nitrogen and oxygen atoms in total. The zero-order chi connectivity index (χ0) is 13.5. The Morgan fingerprint density at radius 1 is 1.44 bits per heavy atom. The standard InChI is InChI=1S/C14H19BrN2O/c1-14(2,3)12(16)13(18)17-7-6-9-8-10(15)4-5-11(9)17/h4-5,8,12H,6-7,16H2,1-3H3/t12-/m1/s1. The molecule has 1 aliphatic rings. The Hall–Kier alpha value is -0.870. The topological polar surface area (TPSA) is 46.3 Å². The molecule has 1 atom stereocenters. The van der Waals surface area contributed by atoms with Crippen LogP contribution in [0.25, 0.3) is 0 Å². The minimum Gasteiger partial charge on any atom is -0.319 e. The summed E-state index contributed by atoms with van der Waals surface area (Å²) in [4.78, 5) is 14.2. The highest BCUT2D eigenvalue weighted by molar-refractivity contribution is 9.10. The summed E-state index contributed by atoms with van der Waals surface area (Å²) >= 11 is 3.45. The van der Waals surface area contributed by atoms with Crippen molar-refractivity contribution in [2.24, 2.45) is 11.1 Å². The molecule has 1 aliphatic heterocycles. The largest absolute Gasteiger partial charge is 0.319 e. The smallest absolute Gasteiger partial charge is 0.244 e. The molecule has 0 radical (unpaired) electrons. The van der Waals surface area contributed by atoms with Gasteiger partial charge in [0.05, 0.1) is 6.04 Å². The molecule has 0 unspecified atom stereocenters. The van der Waals surface area contributed by atoms with Crippen LogP contribution in [0.5, 0.6) is 0 Å². The van der Waals surface area contributed by atoms with Gasteiger partial charge in [-0.25, -0.2) is 0 Å². The molecule has 18 heavy (non-hydrogen) atoms. The van der Waals surface area contributed by atoms with Crippen molar-refractivity contribution >= 4 is 27.5 Å². The van der Waals surface area contributed by atoms with Crippen LogP contribution in [-0.2, 0) is 11.2 Å². The van der Waals surface area contributed by atoms with Crippen molar-refractivity contribution in [3.8, 4) is 0 Å². The predicted octanol–water partition coefficient (Wildman–Crippen LogP) is 2.71. The van der Waals surface area contributed by atoms with Gasteiger partial charge in [0.2, 0.25) is 5.91 Å². The fourth-order valence-corrected chi connectivity index (χ4v) is 2.55. The second-order valence-corrected chi connectivity index (χ2v) is 6.77. The van der Waals surface area contributed by atoms with E-state index in [-0.39, 0.29) is 11.3 Å². The van der Waals surface area contributed by atoms with Crippen molar-refractivity contribution in [2.75, 3.05) is 11.4 Å². The molecule has 0 fully saturated rings. The third kappa shape index (κ3) is 2.45. The molecule has 4 heteroatoms. The molecule has 2 rings (SSSR count). The van der Waals surface area contributed by atoms with Gasteiger partial charge >= 0.3 is 0 Å². The van der Waals surface area contributed by atoms with Gasteiger partial charge in [0.25, 0.3) is 0 Å². The highest BCUT2D eigenvalue weighted by Crippen LogP contribution is 2.32. The first-order valence-corrected chi connectivity index (χ1v) is 6.95. The van der Waals surface area contributed by atoms with E-state index in [1.165, 1.54) is 5.56 Å². The van der Waals surface area contributed by atoms with Crippen molar-refractivity contribution in [3.05, 3.63) is 28.2 Å². The molecule has 1 aromatic rings. The molecule has 0 saturated heterocycles. The van der Waals surface area contributed by atoms with Gasteiger partial charge in [0.15, 0.2) is 0 Å². The van der Waals surface area contributed by atoms with Crippen LogP contribution >= 0.6 is 15.9 Å². The molecule has 98 valence electrons. The highest BCUT2D eigenvalue weighted by Gasteiger charge is 2.34. The van der Waals surface area contributed by atoms with Gasteiger partial charge in [0.1, 0.15) is 0 Å². The lowest BCUT2D eigenvalue weighted by atomic mass is 9.86. The van der Waals surface area contributed by atoms with Gasteiger partial charge < -0.3 is 10.6 Å². The van der Waals surface area contributed by atoms with E-state index < -0.39 is 6.04 Å². The number of nitrogens with two attached hydrogens (primary N) is 1. The summed E-state index contributed by atoms with van der Waals surface area (Å²) in [7, 11) is 0. The summed E-state index contributed by atoms with van der Waals surface area (Å²) in [6.07, 6.45) is 0.900. The predicted molar refractivity (Wildman–Crippen MR) is 77.6 cm³/mol. The molecule has 1 aromatic carbocycles. The van der Waals surface area contributed by atoms with Gasteiger partial charge in [-0.2, -0.15) is 0 Å². The second-order valence-electron chi connectivity index (χ2n) is 5.86. The van der Waals surface area contributed by atoms with Crippen LogP contribution in [-0.4, -0.2) is 18.5 Å². The minimum absolute atomic E-state index is 0.0172. The summed E-state index contributed by atoms with van der Waals surface area (Å²) in [5, 5.41) is 0. The van der Waals surface area contributed by atoms with Crippen LogP contribution in [0, 0.1) is 5.41 Å². The number of nitrogens with zero attached hydrogens (tertiary/aromatic N) is 1. The SMILES string of the molecule is CC(C)(C)[C@H](N)C(=O)N1CCc2cc(Br)ccc21. The lowest BCUT2D eigenvalue weighted by Crippen LogP contribution is -2.50. The van der Waals surface area contributed by atoms with E-state index in [9.17, 15) is 4.79 Å². The van der Waals surface area contributed by atoms with E-state index >= 15 is 0 Å². The lowest BCUT2D eigenvalue weighted by Gasteiger charge is -2.30. The van der Waals surface area contributed by atoms with Gasteiger partial charge in [0, 0.05) is 16.7 Å². The number of hydrogen-bond donors (Lipinski definition) is 1. The number of benzene rings is 1. The number of rotatable bonds is 1. The van der Waals surface area contributed by atoms with Gasteiger partial charge in [-0.1, -0.05) is 36.7 Å². The molecule has 1 heterocycles. The maximum Gasteiger partial charge on any atom is 0.244 e. The number of hydrogen-bond acceptors (Lipinski definition) is 2. The van der Waals surface area contributed by atoms with Gasteiger partial charge in [-0.05, 0) is 35.6 Å². The second kappa shape index (κ2) is 4.67. The summed E-state index contributed by atoms with van der Waals surface area (Å²) in [5.41, 5.74) is 8.06. The first-order valence-electron chi connectivity index (χ1n) is 6.16. The summed E-state index contributed by atoms with van der Waals surface area (Å²) in [6.45, 7) is 6.71. The van der Waals surface area contributed by atoms with Crippen LogP contribution in [0.3, 0.4) is 0 Å². The summed E-state index contributed by atoms with van der Waals surface area (Å²) in [5.74, 6) is 0.0172. The number of fused-ring (bicyclic) bond motifs is 1. The van der Waals surface area contributed by atoms with E-state index in [1.807, 2.05) is 37.8 Å². The summed E-state index contributed by atoms with van der Waals surface area (Å²) in [6, 6.07) is 5.56. The van der Waals surface area contributed by atoms with E-state index in [4.69, 9.17) is 5.73 Å².